The predicted octanol–water partition coefficient (Wildman–Crippen LogP) is 2.22. The number of benzene rings is 1. The minimum Gasteiger partial charge on any atom is -0.298 e. The fourth-order valence-electron chi connectivity index (χ4n) is 0.541. The molecule has 0 saturated carbocycles. The highest BCUT2D eigenvalue weighted by atomic mass is 79.9. The molecule has 10 heavy (non-hydrogen) atoms. The van der Waals surface area contributed by atoms with Gasteiger partial charge in [-0.1, -0.05) is 0 Å². The topological polar surface area (TPSA) is 17.1 Å². The van der Waals surface area contributed by atoms with Crippen molar-refractivity contribution in [1.82, 2.24) is 0 Å². The maximum atomic E-state index is 12.1. The van der Waals surface area contributed by atoms with Gasteiger partial charge >= 0.3 is 0 Å². The minimum atomic E-state index is -0.319. The summed E-state index contributed by atoms with van der Waals surface area (Å²) in [4.78, 5) is 10.00. The number of rotatable bonds is 1. The standard InChI is InChI=1S/C7H5FO.BrH/c8-7-3-1-6(5-9)2-4-7;/h1-5H;1H. The molecule has 0 fully saturated rings. The third-order valence-electron chi connectivity index (χ3n) is 1.01. The van der Waals surface area contributed by atoms with Crippen LogP contribution in [0.1, 0.15) is 10.4 Å². The predicted molar refractivity (Wildman–Crippen MR) is 42.1 cm³/mol. The first-order chi connectivity index (χ1) is 4.33. The van der Waals surface area contributed by atoms with Crippen molar-refractivity contribution in [2.24, 2.45) is 0 Å². The lowest BCUT2D eigenvalue weighted by Gasteiger charge is -1.86. The van der Waals surface area contributed by atoms with Crippen LogP contribution in [0.25, 0.3) is 0 Å². The maximum absolute atomic E-state index is 12.1. The summed E-state index contributed by atoms with van der Waals surface area (Å²) in [6.07, 6.45) is 0.680. The number of halogens is 2. The summed E-state index contributed by atoms with van der Waals surface area (Å²) in [6.45, 7) is 0. The zero-order chi connectivity index (χ0) is 6.69. The molecular weight excluding hydrogens is 199 g/mol. The van der Waals surface area contributed by atoms with E-state index < -0.39 is 0 Å². The van der Waals surface area contributed by atoms with E-state index in [2.05, 4.69) is 0 Å². The number of hydrogen-bond acceptors (Lipinski definition) is 1. The summed E-state index contributed by atoms with van der Waals surface area (Å²) in [5, 5.41) is 0. The molecule has 0 spiro atoms. The van der Waals surface area contributed by atoms with Gasteiger partial charge in [-0.15, -0.1) is 17.0 Å². The fraction of sp³-hybridized carbons (Fsp3) is 0. The number of carbonyl (C=O) groups excluding carboxylic acids is 1. The quantitative estimate of drug-likeness (QED) is 0.642. The van der Waals surface area contributed by atoms with Crippen LogP contribution in [0, 0.1) is 5.82 Å². The van der Waals surface area contributed by atoms with Crippen molar-refractivity contribution >= 4 is 23.3 Å². The third-order valence-corrected chi connectivity index (χ3v) is 1.01. The molecular formula is C7H6BrFO. The SMILES string of the molecule is Br.O=Cc1ccc(F)cc1. The summed E-state index contributed by atoms with van der Waals surface area (Å²) in [5.74, 6) is -0.319. The second kappa shape index (κ2) is 4.17. The van der Waals surface area contributed by atoms with E-state index in [4.69, 9.17) is 0 Å². The van der Waals surface area contributed by atoms with Gasteiger partial charge in [-0.3, -0.25) is 4.79 Å². The van der Waals surface area contributed by atoms with Gasteiger partial charge in [0.2, 0.25) is 0 Å². The average molecular weight is 205 g/mol. The van der Waals surface area contributed by atoms with E-state index in [0.29, 0.717) is 11.8 Å². The third kappa shape index (κ3) is 2.27. The highest BCUT2D eigenvalue weighted by Crippen LogP contribution is 1.98. The van der Waals surface area contributed by atoms with Crippen molar-refractivity contribution < 1.29 is 9.18 Å². The zero-order valence-electron chi connectivity index (χ0n) is 5.08. The molecule has 1 aromatic carbocycles. The zero-order valence-corrected chi connectivity index (χ0v) is 6.79. The highest BCUT2D eigenvalue weighted by molar-refractivity contribution is 8.93. The van der Waals surface area contributed by atoms with E-state index in [-0.39, 0.29) is 22.8 Å². The molecule has 1 rings (SSSR count). The van der Waals surface area contributed by atoms with Crippen LogP contribution in [0.2, 0.25) is 0 Å². The summed E-state index contributed by atoms with van der Waals surface area (Å²) in [6, 6.07) is 5.37. The number of hydrogen-bond donors (Lipinski definition) is 0. The van der Waals surface area contributed by atoms with Crippen molar-refractivity contribution in [3.05, 3.63) is 35.6 Å². The van der Waals surface area contributed by atoms with Gasteiger partial charge in [-0.25, -0.2) is 4.39 Å². The molecule has 0 aliphatic rings. The lowest BCUT2D eigenvalue weighted by molar-refractivity contribution is 0.112. The molecule has 0 amide bonds. The smallest absolute Gasteiger partial charge is 0.150 e. The van der Waals surface area contributed by atoms with Crippen LogP contribution in [0.4, 0.5) is 4.39 Å². The Hall–Kier alpha value is -0.700. The first-order valence-electron chi connectivity index (χ1n) is 2.53. The molecule has 0 aliphatic carbocycles. The molecule has 0 N–H and O–H groups in total. The van der Waals surface area contributed by atoms with Gasteiger partial charge in [0, 0.05) is 5.56 Å². The molecule has 54 valence electrons. The maximum Gasteiger partial charge on any atom is 0.150 e. The Labute approximate surface area is 68.6 Å². The Bertz CT molecular complexity index is 207. The van der Waals surface area contributed by atoms with E-state index in [1.807, 2.05) is 0 Å². The van der Waals surface area contributed by atoms with E-state index >= 15 is 0 Å². The van der Waals surface area contributed by atoms with Gasteiger partial charge in [0.05, 0.1) is 0 Å². The van der Waals surface area contributed by atoms with Crippen LogP contribution in [0.5, 0.6) is 0 Å². The number of aldehydes is 1. The molecule has 0 bridgehead atoms. The summed E-state index contributed by atoms with van der Waals surface area (Å²) in [7, 11) is 0. The van der Waals surface area contributed by atoms with Gasteiger partial charge in [-0.2, -0.15) is 0 Å². The Kier molecular flexibility index (Phi) is 3.88. The van der Waals surface area contributed by atoms with Crippen LogP contribution in [0.15, 0.2) is 24.3 Å². The minimum absolute atomic E-state index is 0. The Morgan fingerprint density at radius 1 is 1.20 bits per heavy atom. The van der Waals surface area contributed by atoms with Crippen molar-refractivity contribution in [3.8, 4) is 0 Å². The van der Waals surface area contributed by atoms with Crippen LogP contribution in [-0.4, -0.2) is 6.29 Å². The lowest BCUT2D eigenvalue weighted by Crippen LogP contribution is -1.77. The molecule has 1 aromatic rings. The van der Waals surface area contributed by atoms with Crippen LogP contribution < -0.4 is 0 Å². The molecule has 0 aromatic heterocycles. The molecule has 0 heterocycles. The number of carbonyl (C=O) groups is 1. The van der Waals surface area contributed by atoms with Crippen molar-refractivity contribution in [3.63, 3.8) is 0 Å². The Morgan fingerprint density at radius 2 is 1.70 bits per heavy atom. The Balaban J connectivity index is 0.000000810. The van der Waals surface area contributed by atoms with E-state index in [9.17, 15) is 9.18 Å². The second-order valence-corrected chi connectivity index (χ2v) is 1.67. The summed E-state index contributed by atoms with van der Waals surface area (Å²) >= 11 is 0. The molecule has 0 radical (unpaired) electrons. The van der Waals surface area contributed by atoms with E-state index in [0.717, 1.165) is 0 Å². The molecule has 0 saturated heterocycles. The van der Waals surface area contributed by atoms with Gasteiger partial charge in [0.15, 0.2) is 0 Å². The second-order valence-electron chi connectivity index (χ2n) is 1.67. The van der Waals surface area contributed by atoms with E-state index in [1.54, 1.807) is 0 Å². The summed E-state index contributed by atoms with van der Waals surface area (Å²) in [5.41, 5.74) is 0.497. The van der Waals surface area contributed by atoms with Gasteiger partial charge < -0.3 is 0 Å². The van der Waals surface area contributed by atoms with Crippen molar-refractivity contribution in [2.45, 2.75) is 0 Å². The molecule has 0 unspecified atom stereocenters. The lowest BCUT2D eigenvalue weighted by atomic mass is 10.2. The normalized spacial score (nSPS) is 8.10. The monoisotopic (exact) mass is 204 g/mol. The average Bonchev–Trinajstić information content (AvgIpc) is 1.90. The molecule has 3 heteroatoms. The van der Waals surface area contributed by atoms with Gasteiger partial charge in [0.1, 0.15) is 12.1 Å². The van der Waals surface area contributed by atoms with Gasteiger partial charge in [-0.05, 0) is 24.3 Å². The Morgan fingerprint density at radius 3 is 2.10 bits per heavy atom. The molecule has 0 aliphatic heterocycles. The largest absolute Gasteiger partial charge is 0.298 e. The van der Waals surface area contributed by atoms with Crippen molar-refractivity contribution in [1.29, 1.82) is 0 Å². The van der Waals surface area contributed by atoms with Crippen LogP contribution in [0.3, 0.4) is 0 Å². The van der Waals surface area contributed by atoms with Gasteiger partial charge in [0.25, 0.3) is 0 Å². The molecule has 0 atom stereocenters. The fourth-order valence-corrected chi connectivity index (χ4v) is 0.541. The highest BCUT2D eigenvalue weighted by Gasteiger charge is 1.87. The van der Waals surface area contributed by atoms with Crippen LogP contribution in [-0.2, 0) is 0 Å². The van der Waals surface area contributed by atoms with Crippen molar-refractivity contribution in [2.75, 3.05) is 0 Å². The first kappa shape index (κ1) is 9.30. The summed E-state index contributed by atoms with van der Waals surface area (Å²) < 4.78 is 12.1. The first-order valence-corrected chi connectivity index (χ1v) is 2.53. The van der Waals surface area contributed by atoms with E-state index in [1.165, 1.54) is 24.3 Å². The van der Waals surface area contributed by atoms with Crippen LogP contribution >= 0.6 is 17.0 Å². The molecule has 1 nitrogen and oxygen atoms in total.